The lowest BCUT2D eigenvalue weighted by molar-refractivity contribution is -0.115. The summed E-state index contributed by atoms with van der Waals surface area (Å²) in [6.45, 7) is 1.92. The molecule has 0 unspecified atom stereocenters. The second-order valence-corrected chi connectivity index (χ2v) is 6.08. The molecule has 1 N–H and O–H groups in total. The van der Waals surface area contributed by atoms with Gasteiger partial charge in [-0.2, -0.15) is 0 Å². The Morgan fingerprint density at radius 2 is 2.18 bits per heavy atom. The van der Waals surface area contributed by atoms with Crippen molar-refractivity contribution in [2.75, 3.05) is 0 Å². The van der Waals surface area contributed by atoms with Crippen LogP contribution in [0.3, 0.4) is 0 Å². The van der Waals surface area contributed by atoms with Crippen LogP contribution in [0, 0.1) is 6.92 Å². The average molecular weight is 330 g/mol. The van der Waals surface area contributed by atoms with Crippen LogP contribution in [0.4, 0.5) is 5.69 Å². The summed E-state index contributed by atoms with van der Waals surface area (Å²) >= 11 is 7.51. The predicted octanol–water partition coefficient (Wildman–Crippen LogP) is 3.94. The van der Waals surface area contributed by atoms with E-state index >= 15 is 0 Å². The molecule has 1 saturated heterocycles. The third-order valence-electron chi connectivity index (χ3n) is 3.03. The monoisotopic (exact) mass is 329 g/mol. The van der Waals surface area contributed by atoms with Crippen molar-refractivity contribution in [2.24, 2.45) is 4.99 Å². The number of amides is 1. The Labute approximate surface area is 137 Å². The van der Waals surface area contributed by atoms with Crippen molar-refractivity contribution in [1.29, 1.82) is 0 Å². The fourth-order valence-electron chi connectivity index (χ4n) is 1.92. The number of nitrogens with one attached hydrogen (secondary N) is 1. The first-order valence-electron chi connectivity index (χ1n) is 6.58. The molecule has 3 rings (SSSR count). The van der Waals surface area contributed by atoms with Crippen LogP contribution >= 0.6 is 23.4 Å². The van der Waals surface area contributed by atoms with Crippen LogP contribution in [0.15, 0.2) is 52.6 Å². The zero-order valence-corrected chi connectivity index (χ0v) is 13.3. The minimum absolute atomic E-state index is 0.170. The molecule has 2 aromatic rings. The van der Waals surface area contributed by atoms with E-state index in [4.69, 9.17) is 11.6 Å². The van der Waals surface area contributed by atoms with E-state index < -0.39 is 0 Å². The van der Waals surface area contributed by atoms with Gasteiger partial charge in [0, 0.05) is 12.4 Å². The number of thioether (sulfide) groups is 1. The van der Waals surface area contributed by atoms with Crippen LogP contribution in [0.1, 0.15) is 11.1 Å². The first kappa shape index (κ1) is 14.8. The Kier molecular flexibility index (Phi) is 4.27. The van der Waals surface area contributed by atoms with Crippen molar-refractivity contribution in [3.05, 3.63) is 63.8 Å². The molecule has 2 heterocycles. The normalized spacial score (nSPS) is 18.0. The van der Waals surface area contributed by atoms with Crippen LogP contribution in [0.25, 0.3) is 6.08 Å². The Bertz CT molecular complexity index is 787. The van der Waals surface area contributed by atoms with Crippen molar-refractivity contribution in [3.8, 4) is 0 Å². The van der Waals surface area contributed by atoms with E-state index in [1.165, 1.54) is 11.8 Å². The Hall–Kier alpha value is -2.11. The second kappa shape index (κ2) is 6.34. The summed E-state index contributed by atoms with van der Waals surface area (Å²) in [5, 5.41) is 3.86. The largest absolute Gasteiger partial charge is 0.300 e. The van der Waals surface area contributed by atoms with E-state index in [0.29, 0.717) is 20.8 Å². The molecule has 22 heavy (non-hydrogen) atoms. The molecule has 1 aromatic heterocycles. The summed E-state index contributed by atoms with van der Waals surface area (Å²) in [4.78, 5) is 21.0. The maximum absolute atomic E-state index is 12.0. The average Bonchev–Trinajstić information content (AvgIpc) is 2.85. The molecule has 0 spiro atoms. The van der Waals surface area contributed by atoms with Gasteiger partial charge in [0.2, 0.25) is 0 Å². The van der Waals surface area contributed by atoms with Crippen molar-refractivity contribution in [3.63, 3.8) is 0 Å². The molecule has 110 valence electrons. The standard InChI is InChI=1S/C16H12ClN3OS/c1-10-4-2-6-12(14(10)17)19-16-20-15(21)13(22-16)8-11-5-3-7-18-9-11/h2-9H,1H3,(H,19,20,21). The van der Waals surface area contributed by atoms with Crippen molar-refractivity contribution >= 4 is 46.2 Å². The van der Waals surface area contributed by atoms with E-state index in [9.17, 15) is 4.79 Å². The number of aromatic nitrogens is 1. The third-order valence-corrected chi connectivity index (χ3v) is 4.43. The van der Waals surface area contributed by atoms with Gasteiger partial charge < -0.3 is 5.32 Å². The van der Waals surface area contributed by atoms with Crippen LogP contribution in [0.5, 0.6) is 0 Å². The zero-order valence-electron chi connectivity index (χ0n) is 11.7. The zero-order chi connectivity index (χ0) is 15.5. The minimum atomic E-state index is -0.170. The smallest absolute Gasteiger partial charge is 0.264 e. The second-order valence-electron chi connectivity index (χ2n) is 4.68. The van der Waals surface area contributed by atoms with Gasteiger partial charge in [0.25, 0.3) is 5.91 Å². The van der Waals surface area contributed by atoms with E-state index in [1.54, 1.807) is 18.5 Å². The summed E-state index contributed by atoms with van der Waals surface area (Å²) in [6, 6.07) is 9.33. The number of rotatable bonds is 2. The Balaban J connectivity index is 1.87. The fraction of sp³-hybridized carbons (Fsp3) is 0.0625. The van der Waals surface area contributed by atoms with Gasteiger partial charge in [0.1, 0.15) is 0 Å². The molecule has 0 radical (unpaired) electrons. The molecular formula is C16H12ClN3OS. The van der Waals surface area contributed by atoms with Gasteiger partial charge in [-0.25, -0.2) is 4.99 Å². The molecule has 0 aliphatic carbocycles. The molecule has 4 nitrogen and oxygen atoms in total. The highest BCUT2D eigenvalue weighted by molar-refractivity contribution is 8.18. The van der Waals surface area contributed by atoms with Crippen molar-refractivity contribution in [2.45, 2.75) is 6.92 Å². The third kappa shape index (κ3) is 3.21. The SMILES string of the molecule is Cc1cccc(N=C2NC(=O)C(=Cc3cccnc3)S2)c1Cl. The molecule has 1 amide bonds. The molecule has 1 aromatic carbocycles. The van der Waals surface area contributed by atoms with E-state index in [1.807, 2.05) is 37.3 Å². The van der Waals surface area contributed by atoms with E-state index in [-0.39, 0.29) is 5.91 Å². The first-order valence-corrected chi connectivity index (χ1v) is 7.77. The number of hydrogen-bond acceptors (Lipinski definition) is 4. The number of hydrogen-bond donors (Lipinski definition) is 1. The Morgan fingerprint density at radius 3 is 2.95 bits per heavy atom. The number of amidine groups is 1. The van der Waals surface area contributed by atoms with Gasteiger partial charge in [0.05, 0.1) is 15.6 Å². The quantitative estimate of drug-likeness (QED) is 0.849. The van der Waals surface area contributed by atoms with Gasteiger partial charge >= 0.3 is 0 Å². The van der Waals surface area contributed by atoms with Gasteiger partial charge in [-0.05, 0) is 48.0 Å². The summed E-state index contributed by atoms with van der Waals surface area (Å²) in [7, 11) is 0. The highest BCUT2D eigenvalue weighted by atomic mass is 35.5. The van der Waals surface area contributed by atoms with E-state index in [2.05, 4.69) is 15.3 Å². The summed E-state index contributed by atoms with van der Waals surface area (Å²) < 4.78 is 0. The highest BCUT2D eigenvalue weighted by Crippen LogP contribution is 2.32. The molecule has 0 atom stereocenters. The number of benzene rings is 1. The number of aliphatic imine (C=N–C) groups is 1. The van der Waals surface area contributed by atoms with Gasteiger partial charge in [-0.1, -0.05) is 29.8 Å². The number of pyridine rings is 1. The maximum atomic E-state index is 12.0. The lowest BCUT2D eigenvalue weighted by Crippen LogP contribution is -2.19. The van der Waals surface area contributed by atoms with Crippen molar-refractivity contribution in [1.82, 2.24) is 10.3 Å². The number of aryl methyl sites for hydroxylation is 1. The lowest BCUT2D eigenvalue weighted by Gasteiger charge is -2.02. The summed E-state index contributed by atoms with van der Waals surface area (Å²) in [5.74, 6) is -0.170. The Morgan fingerprint density at radius 1 is 1.32 bits per heavy atom. The number of carbonyl (C=O) groups excluding carboxylic acids is 1. The van der Waals surface area contributed by atoms with Crippen molar-refractivity contribution < 1.29 is 4.79 Å². The van der Waals surface area contributed by atoms with Crippen LogP contribution < -0.4 is 5.32 Å². The molecule has 0 saturated carbocycles. The molecule has 1 fully saturated rings. The molecule has 1 aliphatic rings. The van der Waals surface area contributed by atoms with Crippen LogP contribution in [0.2, 0.25) is 5.02 Å². The van der Waals surface area contributed by atoms with Gasteiger partial charge in [0.15, 0.2) is 5.17 Å². The fourth-order valence-corrected chi connectivity index (χ4v) is 2.92. The molecule has 1 aliphatic heterocycles. The van der Waals surface area contributed by atoms with Crippen LogP contribution in [-0.2, 0) is 4.79 Å². The summed E-state index contributed by atoms with van der Waals surface area (Å²) in [6.07, 6.45) is 5.18. The number of carbonyl (C=O) groups is 1. The van der Waals surface area contributed by atoms with Gasteiger partial charge in [-0.15, -0.1) is 0 Å². The minimum Gasteiger partial charge on any atom is -0.300 e. The first-order chi connectivity index (χ1) is 10.6. The summed E-state index contributed by atoms with van der Waals surface area (Å²) in [5.41, 5.74) is 2.46. The molecule has 6 heteroatoms. The maximum Gasteiger partial charge on any atom is 0.264 e. The highest BCUT2D eigenvalue weighted by Gasteiger charge is 2.24. The van der Waals surface area contributed by atoms with Gasteiger partial charge in [-0.3, -0.25) is 9.78 Å². The molecular weight excluding hydrogens is 318 g/mol. The number of halogens is 1. The topological polar surface area (TPSA) is 54.4 Å². The van der Waals surface area contributed by atoms with E-state index in [0.717, 1.165) is 11.1 Å². The van der Waals surface area contributed by atoms with Crippen LogP contribution in [-0.4, -0.2) is 16.1 Å². The lowest BCUT2D eigenvalue weighted by atomic mass is 10.2. The number of nitrogens with zero attached hydrogens (tertiary/aromatic N) is 2. The molecule has 0 bridgehead atoms. The predicted molar refractivity (Wildman–Crippen MR) is 91.2 cm³/mol.